The molecule has 0 radical (unpaired) electrons. The lowest BCUT2D eigenvalue weighted by Gasteiger charge is -2.29. The molecule has 2 unspecified atom stereocenters. The molecule has 7 heteroatoms. The highest BCUT2D eigenvalue weighted by atomic mass is 35.5. The topological polar surface area (TPSA) is 74.2 Å². The Morgan fingerprint density at radius 3 is 2.24 bits per heavy atom. The SMILES string of the molecule is Cc1cc(C(C)(C)c2ccc(OCC(O)CN3CCNCC3)cc2)ccc1OCC(O)CCl. The van der Waals surface area contributed by atoms with Gasteiger partial charge >= 0.3 is 0 Å². The number of hydrogen-bond acceptors (Lipinski definition) is 6. The van der Waals surface area contributed by atoms with E-state index in [-0.39, 0.29) is 24.5 Å². The third kappa shape index (κ3) is 7.33. The predicted octanol–water partition coefficient (Wildman–Crippen LogP) is 2.94. The summed E-state index contributed by atoms with van der Waals surface area (Å²) < 4.78 is 11.5. The van der Waals surface area contributed by atoms with Crippen LogP contribution in [0, 0.1) is 6.92 Å². The fourth-order valence-electron chi connectivity index (χ4n) is 4.00. The maximum Gasteiger partial charge on any atom is 0.122 e. The molecule has 1 fully saturated rings. The van der Waals surface area contributed by atoms with Gasteiger partial charge < -0.3 is 25.0 Å². The van der Waals surface area contributed by atoms with Gasteiger partial charge in [-0.3, -0.25) is 4.90 Å². The van der Waals surface area contributed by atoms with Crippen molar-refractivity contribution in [1.82, 2.24) is 10.2 Å². The lowest BCUT2D eigenvalue weighted by molar-refractivity contribution is 0.0641. The van der Waals surface area contributed by atoms with Crippen LogP contribution in [0.15, 0.2) is 42.5 Å². The van der Waals surface area contributed by atoms with Crippen LogP contribution in [0.5, 0.6) is 11.5 Å². The Balaban J connectivity index is 1.57. The van der Waals surface area contributed by atoms with Crippen molar-refractivity contribution in [1.29, 1.82) is 0 Å². The molecule has 182 valence electrons. The second-order valence-corrected chi connectivity index (χ2v) is 9.57. The van der Waals surface area contributed by atoms with E-state index in [9.17, 15) is 10.2 Å². The number of alkyl halides is 1. The van der Waals surface area contributed by atoms with Crippen molar-refractivity contribution >= 4 is 11.6 Å². The van der Waals surface area contributed by atoms with Gasteiger partial charge in [-0.2, -0.15) is 0 Å². The molecule has 0 aromatic heterocycles. The highest BCUT2D eigenvalue weighted by molar-refractivity contribution is 6.18. The fourth-order valence-corrected chi connectivity index (χ4v) is 4.09. The molecule has 3 N–H and O–H groups in total. The minimum absolute atomic E-state index is 0.152. The zero-order valence-electron chi connectivity index (χ0n) is 19.9. The first-order chi connectivity index (χ1) is 15.8. The van der Waals surface area contributed by atoms with Crippen molar-refractivity contribution in [2.75, 3.05) is 51.8 Å². The minimum atomic E-state index is -0.675. The number of nitrogens with one attached hydrogen (secondary N) is 1. The highest BCUT2D eigenvalue weighted by Gasteiger charge is 2.24. The molecule has 2 atom stereocenters. The van der Waals surface area contributed by atoms with Crippen LogP contribution in [0.4, 0.5) is 0 Å². The Bertz CT molecular complexity index is 869. The fraction of sp³-hybridized carbons (Fsp3) is 0.538. The van der Waals surface area contributed by atoms with Gasteiger partial charge in [0, 0.05) is 38.1 Å². The number of halogens is 1. The largest absolute Gasteiger partial charge is 0.491 e. The normalized spacial score (nSPS) is 16.9. The van der Waals surface area contributed by atoms with Crippen LogP contribution >= 0.6 is 11.6 Å². The number of ether oxygens (including phenoxy) is 2. The number of rotatable bonds is 11. The van der Waals surface area contributed by atoms with E-state index in [2.05, 4.69) is 48.3 Å². The van der Waals surface area contributed by atoms with Gasteiger partial charge in [-0.05, 0) is 41.8 Å². The Hall–Kier alpha value is -1.83. The summed E-state index contributed by atoms with van der Waals surface area (Å²) in [5.41, 5.74) is 3.15. The van der Waals surface area contributed by atoms with E-state index in [1.54, 1.807) is 0 Å². The van der Waals surface area contributed by atoms with E-state index >= 15 is 0 Å². The van der Waals surface area contributed by atoms with Crippen molar-refractivity contribution in [3.8, 4) is 11.5 Å². The molecule has 1 aliphatic rings. The third-order valence-corrected chi connectivity index (χ3v) is 6.56. The van der Waals surface area contributed by atoms with E-state index in [0.717, 1.165) is 43.2 Å². The van der Waals surface area contributed by atoms with Crippen molar-refractivity contribution in [2.24, 2.45) is 0 Å². The maximum atomic E-state index is 10.3. The predicted molar refractivity (Wildman–Crippen MR) is 133 cm³/mol. The van der Waals surface area contributed by atoms with Crippen LogP contribution in [0.1, 0.15) is 30.5 Å². The third-order valence-electron chi connectivity index (χ3n) is 6.20. The van der Waals surface area contributed by atoms with Crippen molar-refractivity contribution in [2.45, 2.75) is 38.4 Å². The lowest BCUT2D eigenvalue weighted by atomic mass is 9.77. The van der Waals surface area contributed by atoms with Crippen molar-refractivity contribution < 1.29 is 19.7 Å². The molecule has 1 saturated heterocycles. The second kappa shape index (κ2) is 12.0. The molecule has 0 amide bonds. The quantitative estimate of drug-likeness (QED) is 0.433. The molecule has 33 heavy (non-hydrogen) atoms. The number of benzene rings is 2. The average Bonchev–Trinajstić information content (AvgIpc) is 2.82. The zero-order chi connectivity index (χ0) is 23.8. The van der Waals surface area contributed by atoms with Crippen molar-refractivity contribution in [3.63, 3.8) is 0 Å². The molecule has 0 aliphatic carbocycles. The van der Waals surface area contributed by atoms with Crippen LogP contribution in [-0.2, 0) is 5.41 Å². The molecule has 0 bridgehead atoms. The number of aryl methyl sites for hydroxylation is 1. The summed E-state index contributed by atoms with van der Waals surface area (Å²) in [5, 5.41) is 23.2. The monoisotopic (exact) mass is 476 g/mol. The highest BCUT2D eigenvalue weighted by Crippen LogP contribution is 2.34. The molecule has 1 heterocycles. The Labute approximate surface area is 202 Å². The van der Waals surface area contributed by atoms with Gasteiger partial charge in [-0.15, -0.1) is 11.6 Å². The smallest absolute Gasteiger partial charge is 0.122 e. The van der Waals surface area contributed by atoms with E-state index in [0.29, 0.717) is 6.54 Å². The Kier molecular flexibility index (Phi) is 9.41. The summed E-state index contributed by atoms with van der Waals surface area (Å²) in [6.07, 6.45) is -1.18. The average molecular weight is 477 g/mol. The summed E-state index contributed by atoms with van der Waals surface area (Å²) in [5.74, 6) is 1.66. The van der Waals surface area contributed by atoms with Gasteiger partial charge in [0.05, 0.1) is 5.88 Å². The van der Waals surface area contributed by atoms with Crippen LogP contribution in [-0.4, -0.2) is 79.1 Å². The summed E-state index contributed by atoms with van der Waals surface area (Å²) in [6, 6.07) is 14.2. The van der Waals surface area contributed by atoms with Gasteiger partial charge in [-0.1, -0.05) is 38.1 Å². The first-order valence-corrected chi connectivity index (χ1v) is 12.2. The summed E-state index contributed by atoms with van der Waals surface area (Å²) >= 11 is 5.64. The number of β-amino-alcohol motifs (C(OH)–C–C–N with tert-alkyl or cyclic N) is 1. The number of piperazine rings is 1. The van der Waals surface area contributed by atoms with Crippen LogP contribution in [0.2, 0.25) is 0 Å². The molecular weight excluding hydrogens is 440 g/mol. The molecule has 2 aromatic rings. The van der Waals surface area contributed by atoms with Gasteiger partial charge in [0.2, 0.25) is 0 Å². The van der Waals surface area contributed by atoms with Gasteiger partial charge in [-0.25, -0.2) is 0 Å². The molecule has 2 aromatic carbocycles. The standard InChI is InChI=1S/C26H37ClN2O4/c1-19-14-21(6-9-25(19)33-17-22(30)15-27)26(2,3)20-4-7-24(8-5-20)32-18-23(31)16-29-12-10-28-11-13-29/h4-9,14,22-23,28,30-31H,10-13,15-18H2,1-3H3. The van der Waals surface area contributed by atoms with Crippen LogP contribution in [0.25, 0.3) is 0 Å². The lowest BCUT2D eigenvalue weighted by Crippen LogP contribution is -2.47. The first-order valence-electron chi connectivity index (χ1n) is 11.6. The van der Waals surface area contributed by atoms with Gasteiger partial charge in [0.15, 0.2) is 0 Å². The maximum absolute atomic E-state index is 10.3. The molecular formula is C26H37ClN2O4. The van der Waals surface area contributed by atoms with Crippen molar-refractivity contribution in [3.05, 3.63) is 59.2 Å². The zero-order valence-corrected chi connectivity index (χ0v) is 20.6. The number of aliphatic hydroxyl groups is 2. The number of aliphatic hydroxyl groups excluding tert-OH is 2. The molecule has 3 rings (SSSR count). The molecule has 0 spiro atoms. The molecule has 6 nitrogen and oxygen atoms in total. The summed E-state index contributed by atoms with van der Waals surface area (Å²) in [6.45, 7) is 11.3. The van der Waals surface area contributed by atoms with Gasteiger partial charge in [0.1, 0.15) is 36.9 Å². The number of hydrogen-bond donors (Lipinski definition) is 3. The molecule has 1 aliphatic heterocycles. The van der Waals surface area contributed by atoms with Gasteiger partial charge in [0.25, 0.3) is 0 Å². The van der Waals surface area contributed by atoms with E-state index in [1.165, 1.54) is 11.1 Å². The van der Waals surface area contributed by atoms with E-state index in [1.807, 2.05) is 25.1 Å². The van der Waals surface area contributed by atoms with Crippen LogP contribution < -0.4 is 14.8 Å². The summed E-state index contributed by atoms with van der Waals surface area (Å²) in [4.78, 5) is 2.26. The van der Waals surface area contributed by atoms with E-state index < -0.39 is 12.2 Å². The molecule has 0 saturated carbocycles. The number of nitrogens with zero attached hydrogens (tertiary/aromatic N) is 1. The Morgan fingerprint density at radius 1 is 0.970 bits per heavy atom. The first kappa shape index (κ1) is 25.8. The Morgan fingerprint density at radius 2 is 1.61 bits per heavy atom. The minimum Gasteiger partial charge on any atom is -0.491 e. The van der Waals surface area contributed by atoms with Crippen LogP contribution in [0.3, 0.4) is 0 Å². The summed E-state index contributed by atoms with van der Waals surface area (Å²) in [7, 11) is 0. The second-order valence-electron chi connectivity index (χ2n) is 9.26. The van der Waals surface area contributed by atoms with E-state index in [4.69, 9.17) is 21.1 Å².